The van der Waals surface area contributed by atoms with Crippen molar-refractivity contribution in [2.24, 2.45) is 5.73 Å². The third kappa shape index (κ3) is 5.71. The van der Waals surface area contributed by atoms with E-state index in [-0.39, 0.29) is 6.10 Å². The fourth-order valence-electron chi connectivity index (χ4n) is 1.64. The van der Waals surface area contributed by atoms with Crippen molar-refractivity contribution < 1.29 is 4.74 Å². The molecule has 1 aromatic rings. The van der Waals surface area contributed by atoms with Crippen LogP contribution in [0.15, 0.2) is 24.3 Å². The lowest BCUT2D eigenvalue weighted by Crippen LogP contribution is -2.17. The molecule has 0 aliphatic carbocycles. The molecule has 0 heterocycles. The first-order valence-electron chi connectivity index (χ1n) is 6.39. The summed E-state index contributed by atoms with van der Waals surface area (Å²) in [6, 6.07) is 8.18. The highest BCUT2D eigenvalue weighted by molar-refractivity contribution is 5.33. The molecule has 0 amide bonds. The third-order valence-corrected chi connectivity index (χ3v) is 2.46. The van der Waals surface area contributed by atoms with Crippen LogP contribution in [0.2, 0.25) is 0 Å². The van der Waals surface area contributed by atoms with Crippen LogP contribution in [-0.4, -0.2) is 19.2 Å². The predicted octanol–water partition coefficient (Wildman–Crippen LogP) is 2.30. The van der Waals surface area contributed by atoms with Gasteiger partial charge < -0.3 is 15.8 Å². The number of nitrogens with one attached hydrogen (secondary N) is 1. The molecule has 3 nitrogen and oxygen atoms in total. The van der Waals surface area contributed by atoms with Crippen LogP contribution in [0.5, 0.6) is 5.75 Å². The molecule has 3 N–H and O–H groups in total. The lowest BCUT2D eigenvalue weighted by Gasteiger charge is -2.14. The Morgan fingerprint density at radius 1 is 1.24 bits per heavy atom. The maximum Gasteiger partial charge on any atom is 0.124 e. The highest BCUT2D eigenvalue weighted by atomic mass is 16.5. The van der Waals surface area contributed by atoms with Gasteiger partial charge in [-0.3, -0.25) is 0 Å². The summed E-state index contributed by atoms with van der Waals surface area (Å²) in [5.74, 6) is 0.980. The van der Waals surface area contributed by atoms with Gasteiger partial charge in [-0.15, -0.1) is 0 Å². The van der Waals surface area contributed by atoms with Crippen LogP contribution in [-0.2, 0) is 6.54 Å². The molecule has 0 radical (unpaired) electrons. The van der Waals surface area contributed by atoms with E-state index in [0.717, 1.165) is 38.2 Å². The first kappa shape index (κ1) is 14.0. The maximum atomic E-state index is 5.76. The molecule has 3 heteroatoms. The summed E-state index contributed by atoms with van der Waals surface area (Å²) in [6.07, 6.45) is 2.43. The molecule has 0 fully saturated rings. The SMILES string of the molecule is CC(C)Oc1ccccc1CNCCCCN. The number of unbranched alkanes of at least 4 members (excludes halogenated alkanes) is 1. The van der Waals surface area contributed by atoms with Gasteiger partial charge >= 0.3 is 0 Å². The second-order valence-electron chi connectivity index (χ2n) is 4.45. The zero-order valence-electron chi connectivity index (χ0n) is 10.9. The molecular weight excluding hydrogens is 212 g/mol. The number of hydrogen-bond acceptors (Lipinski definition) is 3. The lowest BCUT2D eigenvalue weighted by atomic mass is 10.2. The maximum absolute atomic E-state index is 5.76. The van der Waals surface area contributed by atoms with Gasteiger partial charge in [-0.25, -0.2) is 0 Å². The molecular formula is C14H24N2O. The molecule has 0 unspecified atom stereocenters. The van der Waals surface area contributed by atoms with E-state index < -0.39 is 0 Å². The van der Waals surface area contributed by atoms with E-state index in [4.69, 9.17) is 10.5 Å². The lowest BCUT2D eigenvalue weighted by molar-refractivity contribution is 0.239. The summed E-state index contributed by atoms with van der Waals surface area (Å²) in [5.41, 5.74) is 6.67. The van der Waals surface area contributed by atoms with Crippen molar-refractivity contribution in [2.45, 2.75) is 39.3 Å². The standard InChI is InChI=1S/C14H24N2O/c1-12(2)17-14-8-4-3-7-13(14)11-16-10-6-5-9-15/h3-4,7-8,12,16H,5-6,9-11,15H2,1-2H3. The molecule has 0 aliphatic rings. The Kier molecular flexibility index (Phi) is 6.67. The zero-order valence-corrected chi connectivity index (χ0v) is 10.9. The number of ether oxygens (including phenoxy) is 1. The minimum absolute atomic E-state index is 0.216. The van der Waals surface area contributed by atoms with E-state index in [1.54, 1.807) is 0 Å². The number of nitrogens with two attached hydrogens (primary N) is 1. The van der Waals surface area contributed by atoms with Crippen LogP contribution in [0.4, 0.5) is 0 Å². The minimum Gasteiger partial charge on any atom is -0.491 e. The number of para-hydroxylation sites is 1. The van der Waals surface area contributed by atoms with E-state index >= 15 is 0 Å². The normalized spacial score (nSPS) is 10.8. The van der Waals surface area contributed by atoms with Crippen LogP contribution in [0.3, 0.4) is 0 Å². The molecule has 0 saturated carbocycles. The molecule has 1 rings (SSSR count). The summed E-state index contributed by atoms with van der Waals surface area (Å²) in [5, 5.41) is 3.41. The van der Waals surface area contributed by atoms with Gasteiger partial charge in [0.05, 0.1) is 6.10 Å². The summed E-state index contributed by atoms with van der Waals surface area (Å²) >= 11 is 0. The van der Waals surface area contributed by atoms with Crippen LogP contribution in [0.1, 0.15) is 32.3 Å². The Hall–Kier alpha value is -1.06. The monoisotopic (exact) mass is 236 g/mol. The molecule has 0 aliphatic heterocycles. The van der Waals surface area contributed by atoms with Crippen molar-refractivity contribution in [3.05, 3.63) is 29.8 Å². The Morgan fingerprint density at radius 3 is 2.71 bits per heavy atom. The largest absolute Gasteiger partial charge is 0.491 e. The summed E-state index contributed by atoms with van der Waals surface area (Å²) in [4.78, 5) is 0. The van der Waals surface area contributed by atoms with Gasteiger partial charge in [0.2, 0.25) is 0 Å². The van der Waals surface area contributed by atoms with Gasteiger partial charge in [-0.1, -0.05) is 18.2 Å². The molecule has 96 valence electrons. The van der Waals surface area contributed by atoms with Crippen molar-refractivity contribution in [1.29, 1.82) is 0 Å². The van der Waals surface area contributed by atoms with Crippen molar-refractivity contribution in [2.75, 3.05) is 13.1 Å². The van der Waals surface area contributed by atoms with Gasteiger partial charge in [-0.2, -0.15) is 0 Å². The Morgan fingerprint density at radius 2 is 2.00 bits per heavy atom. The molecule has 0 saturated heterocycles. The van der Waals surface area contributed by atoms with Crippen LogP contribution >= 0.6 is 0 Å². The van der Waals surface area contributed by atoms with E-state index in [0.29, 0.717) is 0 Å². The van der Waals surface area contributed by atoms with E-state index in [1.165, 1.54) is 5.56 Å². The van der Waals surface area contributed by atoms with Gasteiger partial charge in [0.15, 0.2) is 0 Å². The number of hydrogen-bond donors (Lipinski definition) is 2. The molecule has 17 heavy (non-hydrogen) atoms. The molecule has 0 bridgehead atoms. The summed E-state index contributed by atoms with van der Waals surface area (Å²) < 4.78 is 5.76. The summed E-state index contributed by atoms with van der Waals surface area (Å²) in [6.45, 7) is 6.73. The van der Waals surface area contributed by atoms with E-state index in [2.05, 4.69) is 11.4 Å². The minimum atomic E-state index is 0.216. The Labute approximate surface area is 104 Å². The second kappa shape index (κ2) is 8.09. The van der Waals surface area contributed by atoms with Crippen molar-refractivity contribution >= 4 is 0 Å². The van der Waals surface area contributed by atoms with Crippen molar-refractivity contribution in [3.8, 4) is 5.75 Å². The predicted molar refractivity (Wildman–Crippen MR) is 72.2 cm³/mol. The Bertz CT molecular complexity index is 313. The van der Waals surface area contributed by atoms with E-state index in [9.17, 15) is 0 Å². The second-order valence-corrected chi connectivity index (χ2v) is 4.45. The van der Waals surface area contributed by atoms with Crippen molar-refractivity contribution in [1.82, 2.24) is 5.32 Å². The average molecular weight is 236 g/mol. The topological polar surface area (TPSA) is 47.3 Å². The molecule has 0 atom stereocenters. The Balaban J connectivity index is 2.40. The quantitative estimate of drug-likeness (QED) is 0.681. The fraction of sp³-hybridized carbons (Fsp3) is 0.571. The van der Waals surface area contributed by atoms with Crippen LogP contribution < -0.4 is 15.8 Å². The van der Waals surface area contributed by atoms with Gasteiger partial charge in [0.1, 0.15) is 5.75 Å². The van der Waals surface area contributed by atoms with Crippen LogP contribution in [0, 0.1) is 0 Å². The van der Waals surface area contributed by atoms with Gasteiger partial charge in [0.25, 0.3) is 0 Å². The molecule has 0 spiro atoms. The van der Waals surface area contributed by atoms with Crippen molar-refractivity contribution in [3.63, 3.8) is 0 Å². The number of rotatable bonds is 8. The third-order valence-electron chi connectivity index (χ3n) is 2.46. The van der Waals surface area contributed by atoms with Crippen LogP contribution in [0.25, 0.3) is 0 Å². The smallest absolute Gasteiger partial charge is 0.124 e. The molecule has 1 aromatic carbocycles. The highest BCUT2D eigenvalue weighted by Crippen LogP contribution is 2.18. The summed E-state index contributed by atoms with van der Waals surface area (Å²) in [7, 11) is 0. The highest BCUT2D eigenvalue weighted by Gasteiger charge is 2.03. The number of benzene rings is 1. The zero-order chi connectivity index (χ0) is 12.5. The van der Waals surface area contributed by atoms with Gasteiger partial charge in [0, 0.05) is 12.1 Å². The first-order valence-corrected chi connectivity index (χ1v) is 6.39. The average Bonchev–Trinajstić information content (AvgIpc) is 2.30. The first-order chi connectivity index (χ1) is 8.24. The molecule has 0 aromatic heterocycles. The van der Waals surface area contributed by atoms with E-state index in [1.807, 2.05) is 32.0 Å². The fourth-order valence-corrected chi connectivity index (χ4v) is 1.64. The van der Waals surface area contributed by atoms with Gasteiger partial charge in [-0.05, 0) is 45.8 Å².